The van der Waals surface area contributed by atoms with Gasteiger partial charge in [-0.1, -0.05) is 0 Å². The fourth-order valence-electron chi connectivity index (χ4n) is 1.70. The molecule has 0 unspecified atom stereocenters. The van der Waals surface area contributed by atoms with Gasteiger partial charge in [-0.3, -0.25) is 4.79 Å². The summed E-state index contributed by atoms with van der Waals surface area (Å²) in [6, 6.07) is 5.70. The maximum atomic E-state index is 11.8. The highest BCUT2D eigenvalue weighted by Crippen LogP contribution is 2.22. The van der Waals surface area contributed by atoms with E-state index in [1.54, 1.807) is 6.08 Å². The number of rotatable bonds is 4. The summed E-state index contributed by atoms with van der Waals surface area (Å²) < 4.78 is 0. The molecule has 0 spiro atoms. The molecule has 0 aliphatic carbocycles. The lowest BCUT2D eigenvalue weighted by Crippen LogP contribution is -2.11. The summed E-state index contributed by atoms with van der Waals surface area (Å²) in [5.74, 6) is -1.83. The van der Waals surface area contributed by atoms with Crippen LogP contribution >= 0.6 is 11.3 Å². The standard InChI is InChI=1S/C15H13NO4S/c1-9-6-7-21-13(9)4-5-14(18)16-12-3-2-10(17)8-11(12)15(19)20/h2-8,17H,1H3,(H,16,18)(H,19,20). The quantitative estimate of drug-likeness (QED) is 0.598. The highest BCUT2D eigenvalue weighted by atomic mass is 32.1. The van der Waals surface area contributed by atoms with Crippen LogP contribution in [0.5, 0.6) is 5.75 Å². The summed E-state index contributed by atoms with van der Waals surface area (Å²) in [6.07, 6.45) is 3.02. The van der Waals surface area contributed by atoms with Crippen molar-refractivity contribution in [2.45, 2.75) is 6.92 Å². The Labute approximate surface area is 125 Å². The molecule has 1 heterocycles. The number of benzene rings is 1. The third kappa shape index (κ3) is 3.70. The van der Waals surface area contributed by atoms with Gasteiger partial charge in [0.05, 0.1) is 11.3 Å². The van der Waals surface area contributed by atoms with Gasteiger partial charge in [-0.05, 0) is 48.2 Å². The number of carbonyl (C=O) groups excluding carboxylic acids is 1. The van der Waals surface area contributed by atoms with Gasteiger partial charge >= 0.3 is 5.97 Å². The fraction of sp³-hybridized carbons (Fsp3) is 0.0667. The second-order valence-corrected chi connectivity index (χ2v) is 5.27. The predicted octanol–water partition coefficient (Wildman–Crippen LogP) is 3.11. The molecule has 1 aromatic heterocycles. The molecule has 0 saturated carbocycles. The third-order valence-electron chi connectivity index (χ3n) is 2.78. The minimum atomic E-state index is -1.22. The number of carboxylic acid groups (broad SMARTS) is 1. The van der Waals surface area contributed by atoms with Crippen molar-refractivity contribution in [1.29, 1.82) is 0 Å². The minimum Gasteiger partial charge on any atom is -0.508 e. The number of carbonyl (C=O) groups is 2. The number of aryl methyl sites for hydroxylation is 1. The van der Waals surface area contributed by atoms with Crippen molar-refractivity contribution in [1.82, 2.24) is 0 Å². The fourth-order valence-corrected chi connectivity index (χ4v) is 2.52. The zero-order valence-electron chi connectivity index (χ0n) is 11.2. The van der Waals surface area contributed by atoms with Gasteiger partial charge in [-0.2, -0.15) is 0 Å². The van der Waals surface area contributed by atoms with E-state index in [0.717, 1.165) is 16.5 Å². The van der Waals surface area contributed by atoms with Crippen molar-refractivity contribution in [3.05, 3.63) is 51.7 Å². The van der Waals surface area contributed by atoms with Crippen molar-refractivity contribution in [2.75, 3.05) is 5.32 Å². The van der Waals surface area contributed by atoms with Gasteiger partial charge < -0.3 is 15.5 Å². The SMILES string of the molecule is Cc1ccsc1C=CC(=O)Nc1ccc(O)cc1C(=O)O. The Morgan fingerprint density at radius 3 is 2.67 bits per heavy atom. The van der Waals surface area contributed by atoms with Crippen LogP contribution in [0.4, 0.5) is 5.69 Å². The molecule has 0 fully saturated rings. The first-order valence-electron chi connectivity index (χ1n) is 6.07. The van der Waals surface area contributed by atoms with E-state index in [0.29, 0.717) is 0 Å². The van der Waals surface area contributed by atoms with Crippen molar-refractivity contribution >= 4 is 35.0 Å². The smallest absolute Gasteiger partial charge is 0.337 e. The van der Waals surface area contributed by atoms with E-state index in [2.05, 4.69) is 5.32 Å². The molecule has 0 saturated heterocycles. The van der Waals surface area contributed by atoms with Crippen LogP contribution in [0, 0.1) is 6.92 Å². The molecule has 1 aromatic carbocycles. The number of aromatic hydroxyl groups is 1. The molecule has 108 valence electrons. The Hall–Kier alpha value is -2.60. The molecule has 0 atom stereocenters. The zero-order valence-corrected chi connectivity index (χ0v) is 12.0. The van der Waals surface area contributed by atoms with Gasteiger partial charge in [0.1, 0.15) is 5.75 Å². The number of amides is 1. The van der Waals surface area contributed by atoms with E-state index >= 15 is 0 Å². The first kappa shape index (κ1) is 14.8. The molecule has 3 N–H and O–H groups in total. The molecule has 1 amide bonds. The van der Waals surface area contributed by atoms with Crippen molar-refractivity contribution in [2.24, 2.45) is 0 Å². The second kappa shape index (κ2) is 6.23. The lowest BCUT2D eigenvalue weighted by molar-refractivity contribution is -0.111. The lowest BCUT2D eigenvalue weighted by atomic mass is 10.1. The Bertz CT molecular complexity index is 718. The number of anilines is 1. The zero-order chi connectivity index (χ0) is 15.4. The first-order chi connectivity index (χ1) is 9.97. The Morgan fingerprint density at radius 1 is 1.29 bits per heavy atom. The average molecular weight is 303 g/mol. The van der Waals surface area contributed by atoms with E-state index in [4.69, 9.17) is 5.11 Å². The number of nitrogens with one attached hydrogen (secondary N) is 1. The molecule has 0 aliphatic heterocycles. The average Bonchev–Trinajstić information content (AvgIpc) is 2.84. The number of aromatic carboxylic acids is 1. The number of carboxylic acids is 1. The van der Waals surface area contributed by atoms with E-state index in [1.807, 2.05) is 18.4 Å². The van der Waals surface area contributed by atoms with Gasteiger partial charge in [-0.15, -0.1) is 11.3 Å². The third-order valence-corrected chi connectivity index (χ3v) is 3.76. The summed E-state index contributed by atoms with van der Waals surface area (Å²) in [5.41, 5.74) is 1.04. The second-order valence-electron chi connectivity index (χ2n) is 4.33. The van der Waals surface area contributed by atoms with Crippen LogP contribution in [0.1, 0.15) is 20.8 Å². The van der Waals surface area contributed by atoms with Crippen LogP contribution in [-0.2, 0) is 4.79 Å². The number of phenolic OH excluding ortho intramolecular Hbond substituents is 1. The Kier molecular flexibility index (Phi) is 4.39. The minimum absolute atomic E-state index is 0.137. The summed E-state index contributed by atoms with van der Waals surface area (Å²) in [4.78, 5) is 23.9. The van der Waals surface area contributed by atoms with Crippen LogP contribution in [-0.4, -0.2) is 22.1 Å². The topological polar surface area (TPSA) is 86.6 Å². The summed E-state index contributed by atoms with van der Waals surface area (Å²) in [6.45, 7) is 1.94. The van der Waals surface area contributed by atoms with Crippen LogP contribution in [0.25, 0.3) is 6.08 Å². The predicted molar refractivity (Wildman–Crippen MR) is 81.8 cm³/mol. The van der Waals surface area contributed by atoms with Gasteiger partial charge in [0.15, 0.2) is 0 Å². The van der Waals surface area contributed by atoms with Crippen molar-refractivity contribution < 1.29 is 19.8 Å². The maximum Gasteiger partial charge on any atom is 0.337 e. The number of phenols is 1. The van der Waals surface area contributed by atoms with Gasteiger partial charge in [-0.25, -0.2) is 4.79 Å². The molecule has 0 bridgehead atoms. The van der Waals surface area contributed by atoms with Crippen molar-refractivity contribution in [3.8, 4) is 5.75 Å². The molecule has 5 nitrogen and oxygen atoms in total. The van der Waals surface area contributed by atoms with E-state index in [9.17, 15) is 14.7 Å². The van der Waals surface area contributed by atoms with Crippen molar-refractivity contribution in [3.63, 3.8) is 0 Å². The van der Waals surface area contributed by atoms with E-state index in [1.165, 1.54) is 29.5 Å². The van der Waals surface area contributed by atoms with Crippen LogP contribution in [0.2, 0.25) is 0 Å². The monoisotopic (exact) mass is 303 g/mol. The van der Waals surface area contributed by atoms with E-state index in [-0.39, 0.29) is 17.0 Å². The summed E-state index contributed by atoms with van der Waals surface area (Å²) >= 11 is 1.51. The lowest BCUT2D eigenvalue weighted by Gasteiger charge is -2.06. The van der Waals surface area contributed by atoms with Crippen LogP contribution in [0.15, 0.2) is 35.7 Å². The Morgan fingerprint density at radius 2 is 2.05 bits per heavy atom. The largest absolute Gasteiger partial charge is 0.508 e. The Balaban J connectivity index is 2.15. The molecule has 0 aliphatic rings. The van der Waals surface area contributed by atoms with Gasteiger partial charge in [0, 0.05) is 11.0 Å². The normalized spacial score (nSPS) is 10.7. The number of hydrogen-bond donors (Lipinski definition) is 3. The van der Waals surface area contributed by atoms with Crippen LogP contribution in [0.3, 0.4) is 0 Å². The van der Waals surface area contributed by atoms with Crippen LogP contribution < -0.4 is 5.32 Å². The summed E-state index contributed by atoms with van der Waals surface area (Å²) in [5, 5.41) is 22.7. The molecule has 6 heteroatoms. The molecule has 2 aromatic rings. The van der Waals surface area contributed by atoms with Gasteiger partial charge in [0.25, 0.3) is 0 Å². The first-order valence-corrected chi connectivity index (χ1v) is 6.95. The molecule has 0 radical (unpaired) electrons. The highest BCUT2D eigenvalue weighted by molar-refractivity contribution is 7.11. The number of thiophene rings is 1. The molecular weight excluding hydrogens is 290 g/mol. The molecule has 2 rings (SSSR count). The van der Waals surface area contributed by atoms with Gasteiger partial charge in [0.2, 0.25) is 5.91 Å². The van der Waals surface area contributed by atoms with E-state index < -0.39 is 11.9 Å². The summed E-state index contributed by atoms with van der Waals surface area (Å²) in [7, 11) is 0. The molecular formula is C15H13NO4S. The number of hydrogen-bond acceptors (Lipinski definition) is 4. The molecule has 21 heavy (non-hydrogen) atoms. The maximum absolute atomic E-state index is 11.8. The highest BCUT2D eigenvalue weighted by Gasteiger charge is 2.12.